The third-order valence-electron chi connectivity index (χ3n) is 3.50. The molecule has 0 N–H and O–H groups in total. The second-order valence-corrected chi connectivity index (χ2v) is 5.16. The Kier molecular flexibility index (Phi) is 5.28. The first-order valence-electron chi connectivity index (χ1n) is 7.30. The highest BCUT2D eigenvalue weighted by Crippen LogP contribution is 2.11. The largest absolute Gasteiger partial charge is 0.336 e. The van der Waals surface area contributed by atoms with Gasteiger partial charge in [0.15, 0.2) is 0 Å². The summed E-state index contributed by atoms with van der Waals surface area (Å²) in [5.41, 5.74) is -1.87. The minimum absolute atomic E-state index is 0.0463. The van der Waals surface area contributed by atoms with Crippen LogP contribution in [0, 0.1) is 10.1 Å². The summed E-state index contributed by atoms with van der Waals surface area (Å²) in [4.78, 5) is 47.3. The molecule has 9 nitrogen and oxygen atoms in total. The van der Waals surface area contributed by atoms with Gasteiger partial charge in [-0.2, -0.15) is 0 Å². The van der Waals surface area contributed by atoms with Gasteiger partial charge in [-0.1, -0.05) is 24.3 Å². The van der Waals surface area contributed by atoms with Crippen molar-refractivity contribution < 1.29 is 4.92 Å². The lowest BCUT2D eigenvalue weighted by Crippen LogP contribution is -2.54. The number of benzene rings is 1. The number of hydrogen-bond donors (Lipinski definition) is 0. The number of nitrogens with zero attached hydrogens (tertiary/aromatic N) is 4. The minimum atomic E-state index is -0.770. The maximum absolute atomic E-state index is 12.5. The normalized spacial score (nSPS) is 10.4. The van der Waals surface area contributed by atoms with E-state index in [9.17, 15) is 24.5 Å². The maximum atomic E-state index is 12.5. The van der Waals surface area contributed by atoms with Gasteiger partial charge in [0.05, 0.1) is 24.6 Å². The fourth-order valence-corrected chi connectivity index (χ4v) is 2.29. The average molecular weight is 344 g/mol. The van der Waals surface area contributed by atoms with Crippen LogP contribution in [-0.2, 0) is 19.6 Å². The molecule has 9 heteroatoms. The van der Waals surface area contributed by atoms with E-state index in [2.05, 4.69) is 13.2 Å². The van der Waals surface area contributed by atoms with Gasteiger partial charge in [0.2, 0.25) is 0 Å². The Labute approximate surface area is 141 Å². The third-order valence-corrected chi connectivity index (χ3v) is 3.50. The van der Waals surface area contributed by atoms with Crippen LogP contribution in [-0.4, -0.2) is 18.6 Å². The molecule has 0 radical (unpaired) electrons. The van der Waals surface area contributed by atoms with Crippen molar-refractivity contribution >= 4 is 5.69 Å². The predicted octanol–water partition coefficient (Wildman–Crippen LogP) is 0.500. The van der Waals surface area contributed by atoms with Crippen LogP contribution in [0.4, 0.5) is 5.69 Å². The summed E-state index contributed by atoms with van der Waals surface area (Å²) >= 11 is 0. The van der Waals surface area contributed by atoms with Crippen molar-refractivity contribution in [1.82, 2.24) is 13.7 Å². The van der Waals surface area contributed by atoms with Crippen LogP contribution < -0.4 is 17.1 Å². The highest BCUT2D eigenvalue weighted by atomic mass is 16.6. The maximum Gasteiger partial charge on any atom is 0.336 e. The Bertz CT molecular complexity index is 947. The van der Waals surface area contributed by atoms with Crippen molar-refractivity contribution in [2.24, 2.45) is 0 Å². The fraction of sp³-hybridized carbons (Fsp3) is 0.188. The Morgan fingerprint density at radius 2 is 1.32 bits per heavy atom. The highest BCUT2D eigenvalue weighted by Gasteiger charge is 2.14. The summed E-state index contributed by atoms with van der Waals surface area (Å²) in [5.74, 6) is 0. The van der Waals surface area contributed by atoms with E-state index in [0.29, 0.717) is 5.56 Å². The summed E-state index contributed by atoms with van der Waals surface area (Å²) < 4.78 is 2.68. The number of nitro groups is 1. The highest BCUT2D eigenvalue weighted by molar-refractivity contribution is 5.32. The van der Waals surface area contributed by atoms with E-state index >= 15 is 0 Å². The van der Waals surface area contributed by atoms with Crippen molar-refractivity contribution in [2.75, 3.05) is 0 Å². The molecule has 130 valence electrons. The van der Waals surface area contributed by atoms with E-state index in [4.69, 9.17) is 0 Å². The zero-order valence-corrected chi connectivity index (χ0v) is 13.3. The summed E-state index contributed by atoms with van der Waals surface area (Å²) in [7, 11) is 0. The van der Waals surface area contributed by atoms with Crippen LogP contribution in [0.25, 0.3) is 0 Å². The van der Waals surface area contributed by atoms with E-state index in [1.165, 1.54) is 36.4 Å². The topological polar surface area (TPSA) is 109 Å². The van der Waals surface area contributed by atoms with Gasteiger partial charge in [-0.3, -0.25) is 10.1 Å². The predicted molar refractivity (Wildman–Crippen MR) is 91.8 cm³/mol. The fourth-order valence-electron chi connectivity index (χ4n) is 2.29. The molecule has 0 aliphatic rings. The van der Waals surface area contributed by atoms with Gasteiger partial charge in [0.1, 0.15) is 0 Å². The van der Waals surface area contributed by atoms with Gasteiger partial charge >= 0.3 is 17.1 Å². The SMILES string of the molecule is C=CCn1c(=O)n(CC=C)c(=O)n(Cc2ccc([N+](=O)[O-])cc2)c1=O. The lowest BCUT2D eigenvalue weighted by molar-refractivity contribution is -0.384. The zero-order valence-electron chi connectivity index (χ0n) is 13.3. The first-order chi connectivity index (χ1) is 11.9. The average Bonchev–Trinajstić information content (AvgIpc) is 2.60. The Morgan fingerprint density at radius 1 is 0.880 bits per heavy atom. The number of hydrogen-bond acceptors (Lipinski definition) is 5. The molecule has 0 bridgehead atoms. The van der Waals surface area contributed by atoms with Crippen LogP contribution in [0.1, 0.15) is 5.56 Å². The van der Waals surface area contributed by atoms with Gasteiger partial charge in [0.25, 0.3) is 5.69 Å². The molecule has 1 aromatic heterocycles. The van der Waals surface area contributed by atoms with Crippen LogP contribution in [0.2, 0.25) is 0 Å². The molecule has 0 unspecified atom stereocenters. The Morgan fingerprint density at radius 3 is 1.72 bits per heavy atom. The molecule has 2 rings (SSSR count). The van der Waals surface area contributed by atoms with Gasteiger partial charge in [0, 0.05) is 12.1 Å². The molecule has 0 fully saturated rings. The molecule has 0 saturated carbocycles. The van der Waals surface area contributed by atoms with E-state index < -0.39 is 22.0 Å². The first kappa shape index (κ1) is 17.9. The van der Waals surface area contributed by atoms with Crippen molar-refractivity contribution in [3.8, 4) is 0 Å². The number of rotatable bonds is 7. The molecule has 0 aliphatic heterocycles. The molecule has 0 spiro atoms. The number of non-ortho nitro benzene ring substituents is 1. The standard InChI is InChI=1S/C16H16N4O5/c1-3-9-17-14(21)18(10-4-2)16(23)19(15(17)22)11-12-5-7-13(8-6-12)20(24)25/h3-8H,1-2,9-11H2. The Balaban J connectivity index is 2.59. The molecule has 0 amide bonds. The minimum Gasteiger partial charge on any atom is -0.258 e. The molecular formula is C16H16N4O5. The quantitative estimate of drug-likeness (QED) is 0.413. The second-order valence-electron chi connectivity index (χ2n) is 5.16. The third kappa shape index (κ3) is 3.55. The molecule has 0 atom stereocenters. The monoisotopic (exact) mass is 344 g/mol. The van der Waals surface area contributed by atoms with Gasteiger partial charge in [-0.15, -0.1) is 13.2 Å². The smallest absolute Gasteiger partial charge is 0.258 e. The van der Waals surface area contributed by atoms with Crippen LogP contribution >= 0.6 is 0 Å². The Hall–Kier alpha value is -3.49. The number of allylic oxidation sites excluding steroid dienone is 2. The van der Waals surface area contributed by atoms with E-state index in [1.54, 1.807) is 0 Å². The first-order valence-corrected chi connectivity index (χ1v) is 7.30. The van der Waals surface area contributed by atoms with E-state index in [0.717, 1.165) is 13.7 Å². The van der Waals surface area contributed by atoms with Gasteiger partial charge in [-0.25, -0.2) is 28.1 Å². The number of aromatic nitrogens is 3. The second kappa shape index (κ2) is 7.39. The lowest BCUT2D eigenvalue weighted by atomic mass is 10.2. The molecule has 0 aliphatic carbocycles. The molecule has 25 heavy (non-hydrogen) atoms. The van der Waals surface area contributed by atoms with Crippen LogP contribution in [0.15, 0.2) is 64.0 Å². The molecule has 1 heterocycles. The summed E-state index contributed by atoms with van der Waals surface area (Å²) in [5, 5.41) is 10.7. The van der Waals surface area contributed by atoms with Crippen molar-refractivity contribution in [2.45, 2.75) is 19.6 Å². The molecular weight excluding hydrogens is 328 g/mol. The van der Waals surface area contributed by atoms with Crippen molar-refractivity contribution in [3.05, 3.63) is 96.7 Å². The van der Waals surface area contributed by atoms with Crippen LogP contribution in [0.3, 0.4) is 0 Å². The van der Waals surface area contributed by atoms with E-state index in [-0.39, 0.29) is 25.3 Å². The van der Waals surface area contributed by atoms with Crippen LogP contribution in [0.5, 0.6) is 0 Å². The van der Waals surface area contributed by atoms with Crippen molar-refractivity contribution in [1.29, 1.82) is 0 Å². The summed E-state index contributed by atoms with van der Waals surface area (Å²) in [6.45, 7) is 6.78. The molecule has 1 aromatic carbocycles. The molecule has 0 saturated heterocycles. The zero-order chi connectivity index (χ0) is 18.6. The molecule has 2 aromatic rings. The van der Waals surface area contributed by atoms with Gasteiger partial charge in [-0.05, 0) is 5.56 Å². The van der Waals surface area contributed by atoms with Gasteiger partial charge < -0.3 is 0 Å². The number of nitro benzene ring substituents is 1. The summed E-state index contributed by atoms with van der Waals surface area (Å²) in [6, 6.07) is 5.46. The summed E-state index contributed by atoms with van der Waals surface area (Å²) in [6.07, 6.45) is 2.75. The van der Waals surface area contributed by atoms with Crippen molar-refractivity contribution in [3.63, 3.8) is 0 Å². The van der Waals surface area contributed by atoms with E-state index in [1.807, 2.05) is 0 Å². The lowest BCUT2D eigenvalue weighted by Gasteiger charge is -2.12.